The quantitative estimate of drug-likeness (QED) is 0.673. The zero-order chi connectivity index (χ0) is 20.5. The first kappa shape index (κ1) is 21.4. The molecule has 0 aliphatic rings. The molecule has 152 valence electrons. The number of methoxy groups -OCH3 is 3. The Labute approximate surface area is 166 Å². The monoisotopic (exact) mass is 387 g/mol. The maximum atomic E-state index is 12.2. The Morgan fingerprint density at radius 3 is 2.07 bits per heavy atom. The highest BCUT2D eigenvalue weighted by Crippen LogP contribution is 2.29. The van der Waals surface area contributed by atoms with Gasteiger partial charge in [-0.3, -0.25) is 4.79 Å². The van der Waals surface area contributed by atoms with E-state index in [0.717, 1.165) is 11.1 Å². The van der Waals surface area contributed by atoms with Gasteiger partial charge >= 0.3 is 0 Å². The first-order chi connectivity index (χ1) is 13.5. The topological polar surface area (TPSA) is 66.0 Å². The van der Waals surface area contributed by atoms with Gasteiger partial charge in [0.15, 0.2) is 23.0 Å². The van der Waals surface area contributed by atoms with Crippen LogP contribution in [0.15, 0.2) is 36.4 Å². The van der Waals surface area contributed by atoms with E-state index in [1.54, 1.807) is 21.3 Å². The third-order valence-electron chi connectivity index (χ3n) is 4.17. The number of rotatable bonds is 10. The molecule has 6 heteroatoms. The molecule has 28 heavy (non-hydrogen) atoms. The average Bonchev–Trinajstić information content (AvgIpc) is 2.70. The summed E-state index contributed by atoms with van der Waals surface area (Å²) >= 11 is 0. The normalized spacial score (nSPS) is 10.5. The molecule has 2 rings (SSSR count). The van der Waals surface area contributed by atoms with Crippen LogP contribution in [0.3, 0.4) is 0 Å². The van der Waals surface area contributed by atoms with Gasteiger partial charge in [0.25, 0.3) is 0 Å². The molecule has 2 aromatic carbocycles. The van der Waals surface area contributed by atoms with Gasteiger partial charge in [-0.05, 0) is 55.7 Å². The fourth-order valence-electron chi connectivity index (χ4n) is 2.76. The fraction of sp³-hybridized carbons (Fsp3) is 0.409. The highest BCUT2D eigenvalue weighted by atomic mass is 16.5. The molecule has 1 amide bonds. The summed E-state index contributed by atoms with van der Waals surface area (Å²) in [6, 6.07) is 11.3. The number of aryl methyl sites for hydroxylation is 1. The van der Waals surface area contributed by atoms with Crippen molar-refractivity contribution in [3.8, 4) is 23.0 Å². The molecule has 0 bridgehead atoms. The van der Waals surface area contributed by atoms with Gasteiger partial charge in [0.05, 0.1) is 27.4 Å². The van der Waals surface area contributed by atoms with Crippen LogP contribution in [0.2, 0.25) is 0 Å². The minimum Gasteiger partial charge on any atom is -0.493 e. The number of carbonyl (C=O) groups excluding carboxylic acids is 1. The van der Waals surface area contributed by atoms with E-state index < -0.39 is 0 Å². The van der Waals surface area contributed by atoms with Crippen molar-refractivity contribution in [3.63, 3.8) is 0 Å². The summed E-state index contributed by atoms with van der Waals surface area (Å²) in [4.78, 5) is 12.2. The second kappa shape index (κ2) is 10.4. The summed E-state index contributed by atoms with van der Waals surface area (Å²) in [6.45, 7) is 4.36. The van der Waals surface area contributed by atoms with E-state index >= 15 is 0 Å². The molecule has 0 atom stereocenters. The lowest BCUT2D eigenvalue weighted by Crippen LogP contribution is -2.23. The number of hydrogen-bond donors (Lipinski definition) is 1. The largest absolute Gasteiger partial charge is 0.493 e. The maximum absolute atomic E-state index is 12.2. The lowest BCUT2D eigenvalue weighted by molar-refractivity contribution is -0.121. The highest BCUT2D eigenvalue weighted by molar-refractivity contribution is 5.76. The smallest absolute Gasteiger partial charge is 0.220 e. The van der Waals surface area contributed by atoms with Crippen molar-refractivity contribution in [2.45, 2.75) is 39.3 Å². The van der Waals surface area contributed by atoms with Gasteiger partial charge in [-0.25, -0.2) is 0 Å². The molecule has 0 saturated heterocycles. The van der Waals surface area contributed by atoms with Crippen molar-refractivity contribution in [1.29, 1.82) is 0 Å². The van der Waals surface area contributed by atoms with Crippen LogP contribution in [0, 0.1) is 0 Å². The van der Waals surface area contributed by atoms with Crippen LogP contribution in [-0.4, -0.2) is 33.3 Å². The standard InChI is InChI=1S/C22H29NO5/c1-15(2)28-19-10-7-17(13-21(19)27-5)14-23-22(24)11-8-16-6-9-18(25-3)20(12-16)26-4/h6-7,9-10,12-13,15H,8,11,14H2,1-5H3,(H,23,24). The van der Waals surface area contributed by atoms with E-state index in [2.05, 4.69) is 5.32 Å². The number of amides is 1. The molecular weight excluding hydrogens is 358 g/mol. The zero-order valence-corrected chi connectivity index (χ0v) is 17.2. The molecule has 0 aliphatic heterocycles. The van der Waals surface area contributed by atoms with Crippen LogP contribution in [0.1, 0.15) is 31.4 Å². The second-order valence-corrected chi connectivity index (χ2v) is 6.62. The highest BCUT2D eigenvalue weighted by Gasteiger charge is 2.10. The van der Waals surface area contributed by atoms with Gasteiger partial charge in [-0.15, -0.1) is 0 Å². The SMILES string of the molecule is COc1ccc(CCC(=O)NCc2ccc(OC(C)C)c(OC)c2)cc1OC. The van der Waals surface area contributed by atoms with Crippen LogP contribution in [0.4, 0.5) is 0 Å². The lowest BCUT2D eigenvalue weighted by Gasteiger charge is -2.15. The lowest BCUT2D eigenvalue weighted by atomic mass is 10.1. The third-order valence-corrected chi connectivity index (χ3v) is 4.17. The van der Waals surface area contributed by atoms with Crippen LogP contribution < -0.4 is 24.3 Å². The zero-order valence-electron chi connectivity index (χ0n) is 17.2. The average molecular weight is 387 g/mol. The van der Waals surface area contributed by atoms with Crippen LogP contribution in [0.5, 0.6) is 23.0 Å². The van der Waals surface area contributed by atoms with Gasteiger partial charge in [0, 0.05) is 13.0 Å². The Bertz CT molecular complexity index is 788. The molecule has 0 aromatic heterocycles. The molecule has 0 fully saturated rings. The number of carbonyl (C=O) groups is 1. The Balaban J connectivity index is 1.88. The summed E-state index contributed by atoms with van der Waals surface area (Å²) in [6.07, 6.45) is 1.08. The van der Waals surface area contributed by atoms with Crippen molar-refractivity contribution < 1.29 is 23.7 Å². The Morgan fingerprint density at radius 2 is 1.43 bits per heavy atom. The molecule has 0 radical (unpaired) electrons. The van der Waals surface area contributed by atoms with Crippen molar-refractivity contribution >= 4 is 5.91 Å². The van der Waals surface area contributed by atoms with Gasteiger partial charge < -0.3 is 24.3 Å². The van der Waals surface area contributed by atoms with Crippen molar-refractivity contribution in [3.05, 3.63) is 47.5 Å². The molecular formula is C22H29NO5. The van der Waals surface area contributed by atoms with Gasteiger partial charge in [-0.1, -0.05) is 12.1 Å². The van der Waals surface area contributed by atoms with Crippen LogP contribution in [-0.2, 0) is 17.8 Å². The predicted octanol–water partition coefficient (Wildman–Crippen LogP) is 3.75. The van der Waals surface area contributed by atoms with Gasteiger partial charge in [0.1, 0.15) is 0 Å². The third kappa shape index (κ3) is 6.08. The number of nitrogens with one attached hydrogen (secondary N) is 1. The molecule has 0 saturated carbocycles. The van der Waals surface area contributed by atoms with Crippen molar-refractivity contribution in [2.75, 3.05) is 21.3 Å². The minimum atomic E-state index is -0.0174. The van der Waals surface area contributed by atoms with E-state index in [4.69, 9.17) is 18.9 Å². The summed E-state index contributed by atoms with van der Waals surface area (Å²) in [7, 11) is 4.80. The first-order valence-electron chi connectivity index (χ1n) is 9.28. The molecule has 6 nitrogen and oxygen atoms in total. The Kier molecular flexibility index (Phi) is 7.99. The molecule has 2 aromatic rings. The molecule has 0 heterocycles. The molecule has 0 spiro atoms. The van der Waals surface area contributed by atoms with Gasteiger partial charge in [-0.2, -0.15) is 0 Å². The minimum absolute atomic E-state index is 0.0174. The molecule has 0 aliphatic carbocycles. The first-order valence-corrected chi connectivity index (χ1v) is 9.28. The van der Waals surface area contributed by atoms with E-state index in [9.17, 15) is 4.79 Å². The number of benzene rings is 2. The number of hydrogen-bond acceptors (Lipinski definition) is 5. The van der Waals surface area contributed by atoms with E-state index in [0.29, 0.717) is 42.4 Å². The van der Waals surface area contributed by atoms with Crippen molar-refractivity contribution in [1.82, 2.24) is 5.32 Å². The Morgan fingerprint density at radius 1 is 0.857 bits per heavy atom. The summed E-state index contributed by atoms with van der Waals surface area (Å²) < 4.78 is 21.6. The van der Waals surface area contributed by atoms with E-state index in [1.807, 2.05) is 50.2 Å². The second-order valence-electron chi connectivity index (χ2n) is 6.62. The Hall–Kier alpha value is -2.89. The van der Waals surface area contributed by atoms with Crippen molar-refractivity contribution in [2.24, 2.45) is 0 Å². The predicted molar refractivity (Wildman–Crippen MR) is 108 cm³/mol. The van der Waals surface area contributed by atoms with E-state index in [1.165, 1.54) is 0 Å². The molecule has 1 N–H and O–H groups in total. The summed E-state index contributed by atoms with van der Waals surface area (Å²) in [5.41, 5.74) is 1.97. The van der Waals surface area contributed by atoms with Crippen LogP contribution in [0.25, 0.3) is 0 Å². The number of ether oxygens (including phenoxy) is 4. The maximum Gasteiger partial charge on any atom is 0.220 e. The fourth-order valence-corrected chi connectivity index (χ4v) is 2.76. The molecule has 0 unspecified atom stereocenters. The van der Waals surface area contributed by atoms with E-state index in [-0.39, 0.29) is 12.0 Å². The van der Waals surface area contributed by atoms with Crippen LogP contribution >= 0.6 is 0 Å². The van der Waals surface area contributed by atoms with Gasteiger partial charge in [0.2, 0.25) is 5.91 Å². The summed E-state index contributed by atoms with van der Waals surface area (Å²) in [5, 5.41) is 2.94. The summed E-state index contributed by atoms with van der Waals surface area (Å²) in [5.74, 6) is 2.67.